The number of halogens is 2. The molecular weight excluding hydrogens is 799 g/mol. The molecule has 3 aliphatic carbocycles. The quantitative estimate of drug-likeness (QED) is 0.147. The summed E-state index contributed by atoms with van der Waals surface area (Å²) < 4.78 is 1.91. The Bertz CT molecular complexity index is 1770. The molecule has 0 radical (unpaired) electrons. The van der Waals surface area contributed by atoms with E-state index in [2.05, 4.69) is 126 Å². The van der Waals surface area contributed by atoms with Crippen LogP contribution in [-0.4, -0.2) is 3.21 Å². The summed E-state index contributed by atoms with van der Waals surface area (Å²) in [5.74, 6) is 2.15. The first kappa shape index (κ1) is 46.3. The predicted molar refractivity (Wildman–Crippen MR) is 231 cm³/mol. The molecule has 2 saturated carbocycles. The molecule has 3 heteroatoms. The van der Waals surface area contributed by atoms with Crippen molar-refractivity contribution in [3.05, 3.63) is 138 Å². The van der Waals surface area contributed by atoms with Gasteiger partial charge in [-0.05, 0) is 39.5 Å². The summed E-state index contributed by atoms with van der Waals surface area (Å²) in [5, 5.41) is 0. The molecular formula is C53H64Cl2Zr-2. The molecule has 8 rings (SSSR count). The van der Waals surface area contributed by atoms with E-state index >= 15 is 0 Å². The van der Waals surface area contributed by atoms with E-state index in [4.69, 9.17) is 0 Å². The van der Waals surface area contributed by atoms with E-state index in [9.17, 15) is 0 Å². The molecule has 296 valence electrons. The third kappa shape index (κ3) is 12.5. The van der Waals surface area contributed by atoms with E-state index in [1.54, 1.807) is 24.2 Å². The molecule has 0 aromatic heterocycles. The summed E-state index contributed by atoms with van der Waals surface area (Å²) >= 11 is 1.75. The van der Waals surface area contributed by atoms with Gasteiger partial charge in [-0.15, -0.1) is 28.8 Å². The maximum absolute atomic E-state index is 3.88. The summed E-state index contributed by atoms with van der Waals surface area (Å²) in [7, 11) is 0. The van der Waals surface area contributed by atoms with Crippen LogP contribution in [0.5, 0.6) is 0 Å². The molecule has 0 N–H and O–H groups in total. The molecule has 0 spiro atoms. The van der Waals surface area contributed by atoms with Crippen LogP contribution in [0.25, 0.3) is 33.4 Å². The second-order valence-electron chi connectivity index (χ2n) is 18.4. The molecule has 5 aromatic carbocycles. The van der Waals surface area contributed by atoms with Crippen LogP contribution < -0.4 is 24.8 Å². The molecule has 0 bridgehead atoms. The van der Waals surface area contributed by atoms with Crippen LogP contribution >= 0.6 is 0 Å². The van der Waals surface area contributed by atoms with Gasteiger partial charge < -0.3 is 24.8 Å². The second-order valence-corrected chi connectivity index (χ2v) is 20.1. The largest absolute Gasteiger partial charge is 0.214 e. The minimum atomic E-state index is 0. The van der Waals surface area contributed by atoms with Crippen molar-refractivity contribution in [1.29, 1.82) is 0 Å². The van der Waals surface area contributed by atoms with E-state index in [0.29, 0.717) is 0 Å². The van der Waals surface area contributed by atoms with Crippen LogP contribution in [0.3, 0.4) is 0 Å². The van der Waals surface area contributed by atoms with Crippen LogP contribution in [0.2, 0.25) is 0 Å². The van der Waals surface area contributed by atoms with Crippen molar-refractivity contribution in [3.8, 4) is 33.4 Å². The predicted octanol–water partition coefficient (Wildman–Crippen LogP) is 9.05. The zero-order valence-electron chi connectivity index (χ0n) is 35.0. The van der Waals surface area contributed by atoms with Gasteiger partial charge in [-0.3, -0.25) is 0 Å². The minimum Gasteiger partial charge on any atom is -0.214 e. The van der Waals surface area contributed by atoms with Gasteiger partial charge in [0.1, 0.15) is 0 Å². The van der Waals surface area contributed by atoms with Crippen molar-refractivity contribution >= 4 is 3.21 Å². The van der Waals surface area contributed by atoms with Crippen molar-refractivity contribution in [2.24, 2.45) is 11.8 Å². The maximum atomic E-state index is 3.88. The number of fused-ring (bicyclic) bond motifs is 3. The summed E-state index contributed by atoms with van der Waals surface area (Å²) in [5.41, 5.74) is 13.5. The van der Waals surface area contributed by atoms with Gasteiger partial charge in [-0.25, -0.2) is 12.1 Å². The van der Waals surface area contributed by atoms with Crippen LogP contribution in [0, 0.1) is 17.9 Å². The fraction of sp³-hybridized carbons (Fsp3) is 0.434. The fourth-order valence-corrected chi connectivity index (χ4v) is 10.4. The van der Waals surface area contributed by atoms with Gasteiger partial charge in [0.2, 0.25) is 0 Å². The zero-order valence-corrected chi connectivity index (χ0v) is 39.0. The van der Waals surface area contributed by atoms with E-state index < -0.39 is 0 Å². The van der Waals surface area contributed by atoms with Crippen LogP contribution in [0.4, 0.5) is 0 Å². The number of rotatable bonds is 6. The van der Waals surface area contributed by atoms with Gasteiger partial charge in [0, 0.05) is 0 Å². The molecule has 0 nitrogen and oxygen atoms in total. The second kappa shape index (κ2) is 21.5. The number of hydrogen-bond acceptors (Lipinski definition) is 0. The Balaban J connectivity index is 0.000000252. The average molecular weight is 863 g/mol. The van der Waals surface area contributed by atoms with E-state index in [1.807, 2.05) is 33.5 Å². The summed E-state index contributed by atoms with van der Waals surface area (Å²) in [4.78, 5) is 0. The van der Waals surface area contributed by atoms with E-state index in [0.717, 1.165) is 18.3 Å². The van der Waals surface area contributed by atoms with Crippen LogP contribution in [0.1, 0.15) is 141 Å². The third-order valence-electron chi connectivity index (χ3n) is 11.9. The number of benzene rings is 4. The van der Waals surface area contributed by atoms with E-state index in [1.165, 1.54) is 133 Å². The molecule has 0 aliphatic heterocycles. The van der Waals surface area contributed by atoms with Crippen LogP contribution in [-0.2, 0) is 41.5 Å². The molecule has 56 heavy (non-hydrogen) atoms. The van der Waals surface area contributed by atoms with Crippen molar-refractivity contribution in [1.82, 2.24) is 0 Å². The number of hydrogen-bond donors (Lipinski definition) is 0. The van der Waals surface area contributed by atoms with Gasteiger partial charge in [0.05, 0.1) is 0 Å². The SMILES string of the molecule is CC(C)(C)c1cc2c([c-]c1-c1ccccc1)Cc1cc(-c3ccccc3)c(C(C)(C)C)cc1-2.[Cl-].[Cl-].[Zr+2]=[C](CC1CCCCC1)CC1CCCCC1.c1cc[cH-]c1. The average Bonchev–Trinajstić information content (AvgIpc) is 3.87. The van der Waals surface area contributed by atoms with Gasteiger partial charge in [0.15, 0.2) is 0 Å². The monoisotopic (exact) mass is 860 g/mol. The molecule has 0 amide bonds. The molecule has 0 atom stereocenters. The Morgan fingerprint density at radius 1 is 0.589 bits per heavy atom. The van der Waals surface area contributed by atoms with Gasteiger partial charge in [-0.2, -0.15) is 18.2 Å². The van der Waals surface area contributed by atoms with Gasteiger partial charge in [0.25, 0.3) is 0 Å². The first-order valence-corrected chi connectivity index (χ1v) is 22.3. The fourth-order valence-electron chi connectivity index (χ4n) is 8.99. The van der Waals surface area contributed by atoms with Gasteiger partial charge in [-0.1, -0.05) is 131 Å². The molecule has 0 saturated heterocycles. The Kier molecular flexibility index (Phi) is 17.8. The first-order chi connectivity index (χ1) is 26.0. The smallest absolute Gasteiger partial charge is 0.172 e. The Morgan fingerprint density at radius 3 is 1.54 bits per heavy atom. The molecule has 5 aromatic rings. The minimum absolute atomic E-state index is 0. The summed E-state index contributed by atoms with van der Waals surface area (Å²) in [6, 6.07) is 42.8. The Morgan fingerprint density at radius 2 is 1.07 bits per heavy atom. The van der Waals surface area contributed by atoms with Crippen molar-refractivity contribution in [3.63, 3.8) is 0 Å². The first-order valence-electron chi connectivity index (χ1n) is 21.1. The van der Waals surface area contributed by atoms with Crippen molar-refractivity contribution < 1.29 is 49.0 Å². The van der Waals surface area contributed by atoms with Crippen LogP contribution in [0.15, 0.2) is 109 Å². The van der Waals surface area contributed by atoms with Crippen molar-refractivity contribution in [2.75, 3.05) is 0 Å². The standard InChI is InChI=1S/C33H33.C15H26.C5H5.2ClH.Zr/c1-32(2,3)30-20-26-24(18-28(30)22-13-9-7-10-14-22)17-25-19-29(23-15-11-8-12-16-23)31(21-27(25)26)33(4,5)6;1-3-8-14(9-4-1)12-7-13-15-10-5-2-6-11-15;1-2-4-5-3-1;;;/h7-16,18,20-21H,17H2,1-6H3;14-15H,1-6,8-13H2;1-5H;2*1H;/q-1;;-1;;;+2/p-2. The Labute approximate surface area is 368 Å². The third-order valence-corrected chi connectivity index (χ3v) is 12.9. The summed E-state index contributed by atoms with van der Waals surface area (Å²) in [6.07, 6.45) is 19.1. The molecule has 2 fully saturated rings. The summed E-state index contributed by atoms with van der Waals surface area (Å²) in [6.45, 7) is 13.9. The zero-order chi connectivity index (χ0) is 38.1. The van der Waals surface area contributed by atoms with Gasteiger partial charge >= 0.3 is 116 Å². The Hall–Kier alpha value is -2.44. The van der Waals surface area contributed by atoms with E-state index in [-0.39, 0.29) is 35.6 Å². The topological polar surface area (TPSA) is 0 Å². The maximum Gasteiger partial charge on any atom is -0.172 e. The van der Waals surface area contributed by atoms with Crippen molar-refractivity contribution in [2.45, 2.75) is 136 Å². The molecule has 3 aliphatic rings. The molecule has 0 heterocycles. The normalized spacial score (nSPS) is 15.4. The molecule has 0 unspecified atom stereocenters.